The van der Waals surface area contributed by atoms with Gasteiger partial charge >= 0.3 is 0 Å². The molecule has 0 unspecified atom stereocenters. The number of aromatic nitrogens is 1. The smallest absolute Gasteiger partial charge is 0.169 e. The van der Waals surface area contributed by atoms with E-state index in [2.05, 4.69) is 66.4 Å². The van der Waals surface area contributed by atoms with Crippen molar-refractivity contribution in [3.8, 4) is 5.75 Å². The molecule has 5 nitrogen and oxygen atoms in total. The summed E-state index contributed by atoms with van der Waals surface area (Å²) in [6.07, 6.45) is 5.74. The van der Waals surface area contributed by atoms with Crippen LogP contribution in [0.15, 0.2) is 48.8 Å². The number of hydrogen-bond donors (Lipinski definition) is 2. The van der Waals surface area contributed by atoms with Gasteiger partial charge in [0.25, 0.3) is 0 Å². The molecule has 0 spiro atoms. The number of pyridine rings is 1. The topological polar surface area (TPSA) is 49.4 Å². The molecule has 0 amide bonds. The van der Waals surface area contributed by atoms with Crippen molar-refractivity contribution in [2.24, 2.45) is 0 Å². The summed E-state index contributed by atoms with van der Waals surface area (Å²) < 4.78 is 5.86. The van der Waals surface area contributed by atoms with Crippen molar-refractivity contribution in [3.63, 3.8) is 0 Å². The Bertz CT molecular complexity index is 853. The Balaban J connectivity index is 1.80. The van der Waals surface area contributed by atoms with Crippen molar-refractivity contribution in [1.29, 1.82) is 0 Å². The maximum Gasteiger partial charge on any atom is 0.169 e. The molecule has 2 heterocycles. The van der Waals surface area contributed by atoms with Crippen LogP contribution in [0.1, 0.15) is 58.6 Å². The molecule has 1 aliphatic heterocycles. The number of nitrogens with zero attached hydrogens (tertiary/aromatic N) is 2. The summed E-state index contributed by atoms with van der Waals surface area (Å²) in [7, 11) is 0. The van der Waals surface area contributed by atoms with Crippen LogP contribution in [0.5, 0.6) is 5.75 Å². The molecule has 0 aliphatic carbocycles. The highest BCUT2D eigenvalue weighted by atomic mass is 32.1. The van der Waals surface area contributed by atoms with Crippen LogP contribution in [-0.4, -0.2) is 38.7 Å². The van der Waals surface area contributed by atoms with E-state index in [-0.39, 0.29) is 11.1 Å². The van der Waals surface area contributed by atoms with Gasteiger partial charge in [-0.15, -0.1) is 0 Å². The van der Waals surface area contributed by atoms with Crippen LogP contribution in [0.25, 0.3) is 0 Å². The van der Waals surface area contributed by atoms with Gasteiger partial charge < -0.3 is 20.3 Å². The van der Waals surface area contributed by atoms with Crippen molar-refractivity contribution in [2.75, 3.05) is 6.61 Å². The Morgan fingerprint density at radius 1 is 1.13 bits per heavy atom. The summed E-state index contributed by atoms with van der Waals surface area (Å²) in [5.41, 5.74) is 2.38. The second kappa shape index (κ2) is 9.96. The summed E-state index contributed by atoms with van der Waals surface area (Å²) in [5.74, 6) is 0.910. The number of ether oxygens (including phenoxy) is 1. The summed E-state index contributed by atoms with van der Waals surface area (Å²) in [6.45, 7) is 13.1. The highest BCUT2D eigenvalue weighted by Gasteiger charge is 2.38. The average molecular weight is 441 g/mol. The molecule has 1 aromatic carbocycles. The molecule has 1 saturated heterocycles. The third-order valence-corrected chi connectivity index (χ3v) is 5.91. The van der Waals surface area contributed by atoms with Gasteiger partial charge in [0.1, 0.15) is 5.75 Å². The zero-order valence-corrected chi connectivity index (χ0v) is 20.3. The van der Waals surface area contributed by atoms with Gasteiger partial charge in [0.15, 0.2) is 5.11 Å². The second-order valence-corrected chi connectivity index (χ2v) is 10.1. The maximum absolute atomic E-state index is 5.95. The first-order valence-corrected chi connectivity index (χ1v) is 11.5. The third kappa shape index (κ3) is 6.91. The zero-order valence-electron chi connectivity index (χ0n) is 19.4. The van der Waals surface area contributed by atoms with E-state index in [4.69, 9.17) is 17.0 Å². The van der Waals surface area contributed by atoms with E-state index in [0.29, 0.717) is 25.7 Å². The largest absolute Gasteiger partial charge is 0.494 e. The molecular weight excluding hydrogens is 404 g/mol. The first-order valence-electron chi connectivity index (χ1n) is 11.1. The van der Waals surface area contributed by atoms with Crippen LogP contribution < -0.4 is 15.4 Å². The molecule has 3 rings (SSSR count). The van der Waals surface area contributed by atoms with Crippen LogP contribution in [0.3, 0.4) is 0 Å². The fourth-order valence-electron chi connectivity index (χ4n) is 4.74. The lowest BCUT2D eigenvalue weighted by Gasteiger charge is -2.47. The van der Waals surface area contributed by atoms with E-state index in [1.54, 1.807) is 6.20 Å². The molecule has 1 fully saturated rings. The molecular formula is C25H36N4OS. The second-order valence-electron chi connectivity index (χ2n) is 9.71. The standard InChI is InChI=1S/C25H36N4OS/c1-6-30-22-12-8-7-11-20(22)18-29(17-19-10-9-13-26-16-19)23(31)27-21-14-24(2,3)28-25(4,5)15-21/h7-13,16,21,28H,6,14-15,17-18H2,1-5H3,(H,27,31). The first-order chi connectivity index (χ1) is 14.7. The lowest BCUT2D eigenvalue weighted by molar-refractivity contribution is 0.153. The minimum atomic E-state index is 0.0603. The van der Waals surface area contributed by atoms with Crippen LogP contribution in [0, 0.1) is 0 Å². The maximum atomic E-state index is 5.95. The van der Waals surface area contributed by atoms with E-state index in [1.165, 1.54) is 0 Å². The molecule has 2 N–H and O–H groups in total. The molecule has 6 heteroatoms. The third-order valence-electron chi connectivity index (χ3n) is 5.53. The van der Waals surface area contributed by atoms with Gasteiger partial charge in [-0.25, -0.2) is 0 Å². The first kappa shape index (κ1) is 23.5. The summed E-state index contributed by atoms with van der Waals surface area (Å²) in [5, 5.41) is 8.19. The number of para-hydroxylation sites is 1. The number of hydrogen-bond acceptors (Lipinski definition) is 4. The van der Waals surface area contributed by atoms with Gasteiger partial charge in [-0.1, -0.05) is 24.3 Å². The van der Waals surface area contributed by atoms with Crippen LogP contribution in [0.4, 0.5) is 0 Å². The minimum absolute atomic E-state index is 0.0603. The number of thiocarbonyl (C=S) groups is 1. The molecule has 31 heavy (non-hydrogen) atoms. The molecule has 1 aliphatic rings. The van der Waals surface area contributed by atoms with E-state index in [9.17, 15) is 0 Å². The van der Waals surface area contributed by atoms with E-state index in [0.717, 1.165) is 34.8 Å². The lowest BCUT2D eigenvalue weighted by atomic mass is 9.80. The van der Waals surface area contributed by atoms with Crippen LogP contribution in [0.2, 0.25) is 0 Å². The molecule has 0 saturated carbocycles. The van der Waals surface area contributed by atoms with Gasteiger partial charge in [0.05, 0.1) is 6.61 Å². The van der Waals surface area contributed by atoms with Crippen molar-refractivity contribution in [3.05, 3.63) is 59.9 Å². The predicted molar refractivity (Wildman–Crippen MR) is 131 cm³/mol. The average Bonchev–Trinajstić information content (AvgIpc) is 2.67. The van der Waals surface area contributed by atoms with Crippen LogP contribution >= 0.6 is 12.2 Å². The summed E-state index contributed by atoms with van der Waals surface area (Å²) in [4.78, 5) is 6.50. The monoisotopic (exact) mass is 440 g/mol. The van der Waals surface area contributed by atoms with Crippen LogP contribution in [-0.2, 0) is 13.1 Å². The number of nitrogens with one attached hydrogen (secondary N) is 2. The Morgan fingerprint density at radius 3 is 2.48 bits per heavy atom. The van der Waals surface area contributed by atoms with Gasteiger partial charge in [-0.2, -0.15) is 0 Å². The number of benzene rings is 1. The minimum Gasteiger partial charge on any atom is -0.494 e. The Hall–Kier alpha value is -2.18. The molecule has 2 aromatic rings. The van der Waals surface area contributed by atoms with E-state index < -0.39 is 0 Å². The summed E-state index contributed by atoms with van der Waals surface area (Å²) in [6, 6.07) is 12.6. The predicted octanol–water partition coefficient (Wildman–Crippen LogP) is 4.67. The van der Waals surface area contributed by atoms with Crippen molar-refractivity contribution in [2.45, 2.75) is 77.7 Å². The fraction of sp³-hybridized carbons (Fsp3) is 0.520. The molecule has 1 aromatic heterocycles. The van der Waals surface area contributed by atoms with Gasteiger partial charge in [0, 0.05) is 48.2 Å². The molecule has 0 atom stereocenters. The molecule has 0 radical (unpaired) electrons. The highest BCUT2D eigenvalue weighted by Crippen LogP contribution is 2.29. The molecule has 0 bridgehead atoms. The van der Waals surface area contributed by atoms with E-state index in [1.807, 2.05) is 31.3 Å². The number of piperidine rings is 1. The van der Waals surface area contributed by atoms with Crippen molar-refractivity contribution < 1.29 is 4.74 Å². The summed E-state index contributed by atoms with van der Waals surface area (Å²) >= 11 is 5.95. The van der Waals surface area contributed by atoms with E-state index >= 15 is 0 Å². The van der Waals surface area contributed by atoms with Gasteiger partial charge in [-0.3, -0.25) is 4.98 Å². The normalized spacial score (nSPS) is 17.7. The SMILES string of the molecule is CCOc1ccccc1CN(Cc1cccnc1)C(=S)NC1CC(C)(C)NC(C)(C)C1. The lowest BCUT2D eigenvalue weighted by Crippen LogP contribution is -2.62. The Kier molecular flexibility index (Phi) is 7.55. The Morgan fingerprint density at radius 2 is 1.84 bits per heavy atom. The highest BCUT2D eigenvalue weighted by molar-refractivity contribution is 7.80. The van der Waals surface area contributed by atoms with Crippen molar-refractivity contribution in [1.82, 2.24) is 20.5 Å². The van der Waals surface area contributed by atoms with Gasteiger partial charge in [-0.05, 0) is 77.4 Å². The zero-order chi connectivity index (χ0) is 22.5. The number of rotatable bonds is 7. The quantitative estimate of drug-likeness (QED) is 0.611. The van der Waals surface area contributed by atoms with Gasteiger partial charge in [0.2, 0.25) is 0 Å². The Labute approximate surface area is 192 Å². The van der Waals surface area contributed by atoms with Crippen molar-refractivity contribution >= 4 is 17.3 Å². The fourth-order valence-corrected chi connectivity index (χ4v) is 5.03. The molecule has 168 valence electrons.